The van der Waals surface area contributed by atoms with E-state index in [9.17, 15) is 9.50 Å². The summed E-state index contributed by atoms with van der Waals surface area (Å²) in [6, 6.07) is 8.19. The van der Waals surface area contributed by atoms with Crippen LogP contribution in [0.15, 0.2) is 30.3 Å². The maximum Gasteiger partial charge on any atom is 0.141 e. The van der Waals surface area contributed by atoms with Crippen molar-refractivity contribution >= 4 is 23.2 Å². The zero-order valence-electron chi connectivity index (χ0n) is 12.1. The maximum atomic E-state index is 13.3. The van der Waals surface area contributed by atoms with Gasteiger partial charge in [0.2, 0.25) is 0 Å². The van der Waals surface area contributed by atoms with Crippen LogP contribution < -0.4 is 0 Å². The Morgan fingerprint density at radius 3 is 2.59 bits per heavy atom. The second-order valence-electron chi connectivity index (χ2n) is 6.14. The zero-order chi connectivity index (χ0) is 15.9. The van der Waals surface area contributed by atoms with Gasteiger partial charge in [-0.15, -0.1) is 0 Å². The maximum absolute atomic E-state index is 13.3. The zero-order valence-corrected chi connectivity index (χ0v) is 13.6. The number of aliphatic hydroxyl groups is 1. The van der Waals surface area contributed by atoms with Crippen LogP contribution in [-0.2, 0) is 5.41 Å². The summed E-state index contributed by atoms with van der Waals surface area (Å²) in [4.78, 5) is 4.30. The number of hydrogen-bond donors (Lipinski definition) is 1. The SMILES string of the molecule is CC1CC(CO)(c2cc(Cl)nc(-c3ccc(F)c(Cl)c3)c2)C1. The van der Waals surface area contributed by atoms with Gasteiger partial charge in [0.05, 0.1) is 17.3 Å². The first-order valence-electron chi connectivity index (χ1n) is 7.18. The normalized spacial score (nSPS) is 24.1. The van der Waals surface area contributed by atoms with Gasteiger partial charge >= 0.3 is 0 Å². The van der Waals surface area contributed by atoms with Crippen molar-refractivity contribution in [3.8, 4) is 11.3 Å². The third-order valence-electron chi connectivity index (χ3n) is 4.40. The predicted molar refractivity (Wildman–Crippen MR) is 86.8 cm³/mol. The van der Waals surface area contributed by atoms with Gasteiger partial charge in [0.1, 0.15) is 11.0 Å². The second kappa shape index (κ2) is 5.80. The summed E-state index contributed by atoms with van der Waals surface area (Å²) in [7, 11) is 0. The fourth-order valence-electron chi connectivity index (χ4n) is 3.34. The molecule has 1 heterocycles. The van der Waals surface area contributed by atoms with Gasteiger partial charge in [-0.25, -0.2) is 9.37 Å². The topological polar surface area (TPSA) is 33.1 Å². The first-order chi connectivity index (χ1) is 10.4. The van der Waals surface area contributed by atoms with E-state index in [4.69, 9.17) is 23.2 Å². The van der Waals surface area contributed by atoms with E-state index in [0.717, 1.165) is 18.4 Å². The molecule has 0 aliphatic heterocycles. The van der Waals surface area contributed by atoms with Crippen molar-refractivity contribution in [2.45, 2.75) is 25.2 Å². The van der Waals surface area contributed by atoms with Gasteiger partial charge in [0, 0.05) is 11.0 Å². The largest absolute Gasteiger partial charge is 0.395 e. The Kier molecular flexibility index (Phi) is 4.15. The molecule has 5 heteroatoms. The molecule has 3 rings (SSSR count). The van der Waals surface area contributed by atoms with E-state index in [1.54, 1.807) is 12.1 Å². The van der Waals surface area contributed by atoms with Gasteiger partial charge in [-0.05, 0) is 54.7 Å². The van der Waals surface area contributed by atoms with Crippen LogP contribution in [0.1, 0.15) is 25.3 Å². The Hall–Kier alpha value is -1.16. The Morgan fingerprint density at radius 2 is 2.00 bits per heavy atom. The molecule has 0 unspecified atom stereocenters. The lowest BCUT2D eigenvalue weighted by atomic mass is 9.59. The molecule has 1 fully saturated rings. The highest BCUT2D eigenvalue weighted by molar-refractivity contribution is 6.31. The molecule has 22 heavy (non-hydrogen) atoms. The van der Waals surface area contributed by atoms with Crippen LogP contribution in [0.25, 0.3) is 11.3 Å². The van der Waals surface area contributed by atoms with E-state index in [2.05, 4.69) is 11.9 Å². The molecule has 2 nitrogen and oxygen atoms in total. The van der Waals surface area contributed by atoms with Crippen LogP contribution >= 0.6 is 23.2 Å². The molecule has 1 aromatic carbocycles. The lowest BCUT2D eigenvalue weighted by Crippen LogP contribution is -2.43. The Labute approximate surface area is 138 Å². The van der Waals surface area contributed by atoms with Crippen molar-refractivity contribution in [2.75, 3.05) is 6.61 Å². The minimum Gasteiger partial charge on any atom is -0.395 e. The summed E-state index contributed by atoms with van der Waals surface area (Å²) >= 11 is 12.0. The average Bonchev–Trinajstić information content (AvgIpc) is 2.46. The number of aromatic nitrogens is 1. The van der Waals surface area contributed by atoms with Crippen LogP contribution in [0.5, 0.6) is 0 Å². The number of benzene rings is 1. The number of rotatable bonds is 3. The lowest BCUT2D eigenvalue weighted by Gasteiger charge is -2.46. The van der Waals surface area contributed by atoms with Crippen LogP contribution in [0.4, 0.5) is 4.39 Å². The summed E-state index contributed by atoms with van der Waals surface area (Å²) < 4.78 is 13.3. The van der Waals surface area contributed by atoms with Crippen LogP contribution in [-0.4, -0.2) is 16.7 Å². The van der Waals surface area contributed by atoms with Gasteiger partial charge in [-0.2, -0.15) is 0 Å². The summed E-state index contributed by atoms with van der Waals surface area (Å²) in [6.07, 6.45) is 1.85. The highest BCUT2D eigenvalue weighted by Gasteiger charge is 2.43. The number of pyridine rings is 1. The molecule has 1 aromatic heterocycles. The molecule has 0 saturated heterocycles. The highest BCUT2D eigenvalue weighted by Crippen LogP contribution is 2.48. The van der Waals surface area contributed by atoms with Crippen molar-refractivity contribution in [2.24, 2.45) is 5.92 Å². The number of hydrogen-bond acceptors (Lipinski definition) is 2. The van der Waals surface area contributed by atoms with Crippen molar-refractivity contribution in [3.05, 3.63) is 51.9 Å². The van der Waals surface area contributed by atoms with Crippen LogP contribution in [0, 0.1) is 11.7 Å². The minimum atomic E-state index is -0.465. The molecule has 1 N–H and O–H groups in total. The van der Waals surface area contributed by atoms with E-state index in [0.29, 0.717) is 22.3 Å². The summed E-state index contributed by atoms with van der Waals surface area (Å²) in [5, 5.41) is 10.2. The van der Waals surface area contributed by atoms with E-state index in [1.807, 2.05) is 6.07 Å². The first-order valence-corrected chi connectivity index (χ1v) is 7.93. The van der Waals surface area contributed by atoms with Crippen molar-refractivity contribution in [1.82, 2.24) is 4.98 Å². The lowest BCUT2D eigenvalue weighted by molar-refractivity contribution is 0.0747. The third-order valence-corrected chi connectivity index (χ3v) is 4.89. The molecule has 0 bridgehead atoms. The number of nitrogens with zero attached hydrogens (tertiary/aromatic N) is 1. The number of halogens is 3. The molecule has 0 radical (unpaired) electrons. The molecule has 1 aliphatic carbocycles. The van der Waals surface area contributed by atoms with E-state index in [-0.39, 0.29) is 17.0 Å². The fourth-order valence-corrected chi connectivity index (χ4v) is 3.73. The Balaban J connectivity index is 2.05. The van der Waals surface area contributed by atoms with Gasteiger partial charge in [0.15, 0.2) is 0 Å². The van der Waals surface area contributed by atoms with Crippen molar-refractivity contribution < 1.29 is 9.50 Å². The van der Waals surface area contributed by atoms with Gasteiger partial charge < -0.3 is 5.11 Å². The van der Waals surface area contributed by atoms with Gasteiger partial charge in [0.25, 0.3) is 0 Å². The van der Waals surface area contributed by atoms with Crippen LogP contribution in [0.2, 0.25) is 10.2 Å². The Morgan fingerprint density at radius 1 is 1.27 bits per heavy atom. The first kappa shape index (κ1) is 15.7. The molecule has 0 spiro atoms. The summed E-state index contributed by atoms with van der Waals surface area (Å²) in [6.45, 7) is 2.25. The van der Waals surface area contributed by atoms with E-state index < -0.39 is 5.82 Å². The molecular weight excluding hydrogens is 324 g/mol. The summed E-state index contributed by atoms with van der Waals surface area (Å²) in [5.41, 5.74) is 2.07. The predicted octanol–water partition coefficient (Wildman–Crippen LogP) is 4.85. The molecule has 2 aromatic rings. The van der Waals surface area contributed by atoms with Crippen molar-refractivity contribution in [1.29, 1.82) is 0 Å². The molecule has 1 saturated carbocycles. The highest BCUT2D eigenvalue weighted by atomic mass is 35.5. The minimum absolute atomic E-state index is 0.0509. The summed E-state index contributed by atoms with van der Waals surface area (Å²) in [5.74, 6) is 0.120. The Bertz CT molecular complexity index is 714. The quantitative estimate of drug-likeness (QED) is 0.810. The third kappa shape index (κ3) is 2.73. The van der Waals surface area contributed by atoms with Crippen molar-refractivity contribution in [3.63, 3.8) is 0 Å². The van der Waals surface area contributed by atoms with Gasteiger partial charge in [-0.1, -0.05) is 30.1 Å². The molecule has 1 aliphatic rings. The van der Waals surface area contributed by atoms with Gasteiger partial charge in [-0.3, -0.25) is 0 Å². The standard InChI is InChI=1S/C17H16Cl2FNO/c1-10-7-17(8-10,9-22)12-5-15(21-16(19)6-12)11-2-3-14(20)13(18)4-11/h2-6,10,22H,7-9H2,1H3. The average molecular weight is 340 g/mol. The van der Waals surface area contributed by atoms with Crippen LogP contribution in [0.3, 0.4) is 0 Å². The van der Waals surface area contributed by atoms with E-state index in [1.165, 1.54) is 12.1 Å². The second-order valence-corrected chi connectivity index (χ2v) is 6.94. The fraction of sp³-hybridized carbons (Fsp3) is 0.353. The molecular formula is C17H16Cl2FNO. The van der Waals surface area contributed by atoms with E-state index >= 15 is 0 Å². The molecule has 0 amide bonds. The number of aliphatic hydroxyl groups excluding tert-OH is 1. The smallest absolute Gasteiger partial charge is 0.141 e. The molecule has 0 atom stereocenters. The molecule has 116 valence electrons. The monoisotopic (exact) mass is 339 g/mol.